The van der Waals surface area contributed by atoms with Gasteiger partial charge in [0.2, 0.25) is 0 Å². The first-order valence-electron chi connectivity index (χ1n) is 13.0. The van der Waals surface area contributed by atoms with Crippen molar-refractivity contribution in [3.8, 4) is 5.75 Å². The number of aldehydes is 1. The minimum Gasteiger partial charge on any atom is -0.528 e. The van der Waals surface area contributed by atoms with Gasteiger partial charge < -0.3 is 33.4 Å². The molecule has 2 N–H and O–H groups in total. The van der Waals surface area contributed by atoms with Gasteiger partial charge in [0.05, 0.1) is 25.3 Å². The van der Waals surface area contributed by atoms with Crippen LogP contribution in [0.3, 0.4) is 0 Å². The molecule has 1 aliphatic rings. The molecule has 0 saturated heterocycles. The van der Waals surface area contributed by atoms with Gasteiger partial charge in [-0.1, -0.05) is 34.0 Å². The number of ether oxygens (including phenoxy) is 1. The first-order chi connectivity index (χ1) is 20.9. The van der Waals surface area contributed by atoms with Gasteiger partial charge in [-0.2, -0.15) is 72.8 Å². The second kappa shape index (κ2) is 26.8. The van der Waals surface area contributed by atoms with Crippen LogP contribution in [0.4, 0.5) is 0 Å². The first-order valence-corrected chi connectivity index (χ1v) is 13.0. The van der Waals surface area contributed by atoms with Crippen LogP contribution < -0.4 is 4.74 Å². The number of carbonyl (C=O) groups excluding carboxylic acids is 3. The van der Waals surface area contributed by atoms with Crippen LogP contribution in [0.1, 0.15) is 40.5 Å². The molecule has 0 aliphatic heterocycles. The molecule has 47 heavy (non-hydrogen) atoms. The van der Waals surface area contributed by atoms with Gasteiger partial charge in [0.15, 0.2) is 11.5 Å². The second-order valence-electron chi connectivity index (χ2n) is 8.57. The van der Waals surface area contributed by atoms with Crippen molar-refractivity contribution in [2.75, 3.05) is 6.61 Å². The summed E-state index contributed by atoms with van der Waals surface area (Å²) in [6, 6.07) is 28.0. The number of fused-ring (bicyclic) bond motifs is 2. The molecule has 12 heteroatoms. The van der Waals surface area contributed by atoms with Gasteiger partial charge in [-0.15, -0.1) is 24.3 Å². The number of carbonyl (C=O) groups is 3. The molecule has 5 aromatic rings. The van der Waals surface area contributed by atoms with Gasteiger partial charge in [-0.05, 0) is 6.92 Å². The first kappa shape index (κ1) is 48.1. The maximum absolute atomic E-state index is 10.9. The number of benzene rings is 3. The molecule has 4 radical (unpaired) electrons. The number of hydrogen-bond acceptors (Lipinski definition) is 8. The van der Waals surface area contributed by atoms with Crippen molar-refractivity contribution in [1.29, 1.82) is 0 Å². The summed E-state index contributed by atoms with van der Waals surface area (Å²) in [6.45, 7) is 3.90. The van der Waals surface area contributed by atoms with Crippen LogP contribution in [0.25, 0.3) is 21.9 Å². The van der Waals surface area contributed by atoms with Crippen LogP contribution >= 0.6 is 0 Å². The number of allylic oxidation sites excluding steroid dienone is 5. The summed E-state index contributed by atoms with van der Waals surface area (Å²) in [6.07, 6.45) is 8.49. The molecule has 2 heterocycles. The monoisotopic (exact) mass is 932 g/mol. The van der Waals surface area contributed by atoms with Crippen molar-refractivity contribution in [2.24, 2.45) is 0 Å². The van der Waals surface area contributed by atoms with Crippen LogP contribution in [0.15, 0.2) is 106 Å². The molecule has 0 bridgehead atoms. The third-order valence-corrected chi connectivity index (χ3v) is 5.55. The van der Waals surface area contributed by atoms with E-state index in [9.17, 15) is 14.4 Å². The SMILES string of the molecule is CC(=O)c1cc2c[c-]ccc2o1.CCOc1cc[c-]cc1C=O.O=C1C=C[C-]=CC1=CO.OCc1cc2c[c-]ccc2o1.[Y].[Y].[Y].[Y]. The van der Waals surface area contributed by atoms with E-state index in [1.54, 1.807) is 48.5 Å². The molecule has 0 amide bonds. The summed E-state index contributed by atoms with van der Waals surface area (Å²) in [5, 5.41) is 19.0. The predicted molar refractivity (Wildman–Crippen MR) is 161 cm³/mol. The molecule has 0 saturated carbocycles. The zero-order valence-corrected chi connectivity index (χ0v) is 37.2. The summed E-state index contributed by atoms with van der Waals surface area (Å²) in [5.41, 5.74) is 2.36. The Hall–Kier alpha value is -1.05. The zero-order valence-electron chi connectivity index (χ0n) is 25.8. The molecular formula is C35H28O8Y4-4. The average molecular weight is 932 g/mol. The predicted octanol–water partition coefficient (Wildman–Crippen LogP) is 6.78. The molecule has 3 aromatic carbocycles. The Kier molecular flexibility index (Phi) is 27.4. The fourth-order valence-corrected chi connectivity index (χ4v) is 3.49. The standard InChI is InChI=1S/C10H7O2.C9H7O2.C9H9O2.C7H5O2.4Y/c1-7(11)10-6-8-4-2-3-5-9(8)12-10;10-6-8-5-7-3-1-2-4-9(7)11-8;1-2-11-9-6-4-3-5-8(9)7-10;8-5-6-3-1-2-4-7(6)9;;;;/h3-6H,1H3;2-5,10H,6H2;4-7H,2H2,1H3;2-5,8H;;;;/q4*-1;;;;. The Balaban J connectivity index is 0. The molecule has 0 spiro atoms. The molecule has 6 rings (SSSR count). The third-order valence-electron chi connectivity index (χ3n) is 5.55. The summed E-state index contributed by atoms with van der Waals surface area (Å²) in [4.78, 5) is 32.0. The number of rotatable bonds is 5. The van der Waals surface area contributed by atoms with E-state index in [4.69, 9.17) is 23.8 Å². The number of aliphatic hydroxyl groups is 2. The van der Waals surface area contributed by atoms with Gasteiger partial charge in [0.1, 0.15) is 5.76 Å². The van der Waals surface area contributed by atoms with Crippen molar-refractivity contribution < 1.29 is 169 Å². The largest absolute Gasteiger partial charge is 0.528 e. The quantitative estimate of drug-likeness (QED) is 0.0651. The van der Waals surface area contributed by atoms with Gasteiger partial charge in [-0.3, -0.25) is 4.79 Å². The van der Waals surface area contributed by atoms with Gasteiger partial charge >= 0.3 is 0 Å². The van der Waals surface area contributed by atoms with Crippen molar-refractivity contribution in [2.45, 2.75) is 20.5 Å². The molecule has 0 atom stereocenters. The minimum absolute atomic E-state index is 0. The Morgan fingerprint density at radius 2 is 1.51 bits per heavy atom. The van der Waals surface area contributed by atoms with Crippen LogP contribution in [-0.4, -0.2) is 34.7 Å². The summed E-state index contributed by atoms with van der Waals surface area (Å²) in [5.74, 6) is 1.40. The number of furan rings is 2. The van der Waals surface area contributed by atoms with Crippen LogP contribution in [0, 0.1) is 24.3 Å². The molecule has 232 valence electrons. The Morgan fingerprint density at radius 3 is 2.00 bits per heavy atom. The number of hydrogen-bond donors (Lipinski definition) is 2. The van der Waals surface area contributed by atoms with Crippen LogP contribution in [-0.2, 0) is 142 Å². The smallest absolute Gasteiger partial charge is 0.193 e. The van der Waals surface area contributed by atoms with E-state index >= 15 is 0 Å². The summed E-state index contributed by atoms with van der Waals surface area (Å²) >= 11 is 0. The van der Waals surface area contributed by atoms with Gasteiger partial charge in [-0.25, -0.2) is 0 Å². The van der Waals surface area contributed by atoms with E-state index in [0.29, 0.717) is 29.4 Å². The van der Waals surface area contributed by atoms with E-state index in [-0.39, 0.29) is 155 Å². The van der Waals surface area contributed by atoms with Crippen molar-refractivity contribution in [1.82, 2.24) is 0 Å². The summed E-state index contributed by atoms with van der Waals surface area (Å²) in [7, 11) is 0. The Bertz CT molecular complexity index is 1700. The fourth-order valence-electron chi connectivity index (χ4n) is 3.49. The number of aliphatic hydroxyl groups excluding tert-OH is 2. The fraction of sp³-hybridized carbons (Fsp3) is 0.114. The van der Waals surface area contributed by atoms with E-state index in [1.165, 1.54) is 25.2 Å². The molecule has 2 aromatic heterocycles. The van der Waals surface area contributed by atoms with Gasteiger partial charge in [0.25, 0.3) is 0 Å². The zero-order chi connectivity index (χ0) is 31.0. The molecular weight excluding hydrogens is 904 g/mol. The summed E-state index contributed by atoms with van der Waals surface area (Å²) < 4.78 is 15.7. The third kappa shape index (κ3) is 16.0. The molecule has 8 nitrogen and oxygen atoms in total. The molecule has 1 aliphatic carbocycles. The normalized spacial score (nSPS) is 11.4. The Labute approximate surface area is 374 Å². The number of Topliss-reactive ketones (excluding diaryl/α,β-unsaturated/α-hetero) is 1. The van der Waals surface area contributed by atoms with E-state index in [1.807, 2.05) is 25.1 Å². The maximum atomic E-state index is 10.9. The second-order valence-corrected chi connectivity index (χ2v) is 8.57. The maximum Gasteiger partial charge on any atom is 0.193 e. The van der Waals surface area contributed by atoms with Crippen molar-refractivity contribution in [3.05, 3.63) is 138 Å². The average Bonchev–Trinajstić information content (AvgIpc) is 3.67. The van der Waals surface area contributed by atoms with Crippen molar-refractivity contribution in [3.63, 3.8) is 0 Å². The van der Waals surface area contributed by atoms with Gasteiger partial charge in [0, 0.05) is 161 Å². The van der Waals surface area contributed by atoms with E-state index in [0.717, 1.165) is 34.5 Å². The van der Waals surface area contributed by atoms with E-state index in [2.05, 4.69) is 24.3 Å². The van der Waals surface area contributed by atoms with Crippen LogP contribution in [0.2, 0.25) is 0 Å². The Morgan fingerprint density at radius 1 is 0.915 bits per heavy atom. The number of ketones is 2. The van der Waals surface area contributed by atoms with E-state index < -0.39 is 0 Å². The topological polar surface area (TPSA) is 127 Å². The van der Waals surface area contributed by atoms with Crippen molar-refractivity contribution >= 4 is 39.8 Å². The molecule has 0 unspecified atom stereocenters. The molecule has 0 fully saturated rings. The van der Waals surface area contributed by atoms with Crippen LogP contribution in [0.5, 0.6) is 5.75 Å². The minimum atomic E-state index is -0.184.